The van der Waals surface area contributed by atoms with Crippen molar-refractivity contribution in [3.05, 3.63) is 18.0 Å². The fourth-order valence-electron chi connectivity index (χ4n) is 2.09. The highest BCUT2D eigenvalue weighted by Gasteiger charge is 2.40. The molecule has 1 aliphatic heterocycles. The van der Waals surface area contributed by atoms with Crippen LogP contribution in [0.5, 0.6) is 0 Å². The van der Waals surface area contributed by atoms with E-state index in [-0.39, 0.29) is 4.87 Å². The third-order valence-electron chi connectivity index (χ3n) is 3.32. The van der Waals surface area contributed by atoms with Crippen LogP contribution in [0.1, 0.15) is 26.0 Å². The van der Waals surface area contributed by atoms with Crippen molar-refractivity contribution < 1.29 is 0 Å². The Morgan fingerprint density at radius 3 is 3.00 bits per heavy atom. The summed E-state index contributed by atoms with van der Waals surface area (Å²) >= 11 is 1.90. The van der Waals surface area contributed by atoms with Gasteiger partial charge in [0.25, 0.3) is 0 Å². The van der Waals surface area contributed by atoms with Gasteiger partial charge in [0.05, 0.1) is 16.8 Å². The van der Waals surface area contributed by atoms with Gasteiger partial charge in [-0.15, -0.1) is 0 Å². The smallest absolute Gasteiger partial charge is 0.0916 e. The van der Waals surface area contributed by atoms with E-state index >= 15 is 0 Å². The summed E-state index contributed by atoms with van der Waals surface area (Å²) in [6, 6.07) is 2.15. The molecule has 0 saturated heterocycles. The number of aryl methyl sites for hydroxylation is 1. The molecule has 0 aliphatic carbocycles. The average Bonchev–Trinajstić information content (AvgIpc) is 2.67. The summed E-state index contributed by atoms with van der Waals surface area (Å²) in [5.74, 6) is 0.440. The number of anilines is 1. The van der Waals surface area contributed by atoms with Crippen molar-refractivity contribution in [2.24, 2.45) is 11.7 Å². The maximum absolute atomic E-state index is 5.81. The Kier molecular flexibility index (Phi) is 3.13. The first-order chi connectivity index (χ1) is 7.61. The third kappa shape index (κ3) is 1.80. The standard InChI is InChI=1S/C12H19N3S/c1-4-12(8(2)6-13)15-10-7-14-9(3)5-11(10)16-12/h5,7-8,15H,4,6,13H2,1-3H3. The quantitative estimate of drug-likeness (QED) is 0.848. The molecule has 3 nitrogen and oxygen atoms in total. The summed E-state index contributed by atoms with van der Waals surface area (Å²) in [6.07, 6.45) is 2.99. The maximum atomic E-state index is 5.81. The summed E-state index contributed by atoms with van der Waals surface area (Å²) in [5, 5.41) is 3.60. The second-order valence-electron chi connectivity index (χ2n) is 4.43. The highest BCUT2D eigenvalue weighted by Crippen LogP contribution is 2.50. The molecule has 16 heavy (non-hydrogen) atoms. The number of thioether (sulfide) groups is 1. The van der Waals surface area contributed by atoms with Gasteiger partial charge >= 0.3 is 0 Å². The van der Waals surface area contributed by atoms with Gasteiger partial charge in [0.1, 0.15) is 0 Å². The van der Waals surface area contributed by atoms with Gasteiger partial charge in [0, 0.05) is 16.5 Å². The number of nitrogens with two attached hydrogens (primary N) is 1. The Hall–Kier alpha value is -0.740. The summed E-state index contributed by atoms with van der Waals surface area (Å²) in [6.45, 7) is 7.14. The molecule has 2 unspecified atom stereocenters. The van der Waals surface area contributed by atoms with Crippen LogP contribution >= 0.6 is 11.8 Å². The lowest BCUT2D eigenvalue weighted by atomic mass is 9.98. The largest absolute Gasteiger partial charge is 0.368 e. The highest BCUT2D eigenvalue weighted by molar-refractivity contribution is 8.01. The predicted molar refractivity (Wildman–Crippen MR) is 69.7 cm³/mol. The minimum absolute atomic E-state index is 0.0482. The van der Waals surface area contributed by atoms with Crippen LogP contribution in [-0.4, -0.2) is 16.4 Å². The van der Waals surface area contributed by atoms with Gasteiger partial charge < -0.3 is 11.1 Å². The molecule has 4 heteroatoms. The van der Waals surface area contributed by atoms with Gasteiger partial charge in [-0.2, -0.15) is 0 Å². The number of aromatic nitrogens is 1. The van der Waals surface area contributed by atoms with E-state index in [1.165, 1.54) is 4.90 Å². The molecule has 88 valence electrons. The topological polar surface area (TPSA) is 50.9 Å². The third-order valence-corrected chi connectivity index (χ3v) is 5.03. The van der Waals surface area contributed by atoms with E-state index < -0.39 is 0 Å². The van der Waals surface area contributed by atoms with Crippen molar-refractivity contribution >= 4 is 17.4 Å². The lowest BCUT2D eigenvalue weighted by molar-refractivity contribution is 0.445. The Labute approximate surface area is 101 Å². The number of nitrogens with one attached hydrogen (secondary N) is 1. The zero-order chi connectivity index (χ0) is 11.8. The van der Waals surface area contributed by atoms with Crippen LogP contribution in [0.15, 0.2) is 17.2 Å². The second kappa shape index (κ2) is 4.26. The number of nitrogens with zero attached hydrogens (tertiary/aromatic N) is 1. The van der Waals surface area contributed by atoms with Crippen molar-refractivity contribution in [2.45, 2.75) is 37.0 Å². The average molecular weight is 237 g/mol. The number of hydrogen-bond donors (Lipinski definition) is 2. The monoisotopic (exact) mass is 237 g/mol. The van der Waals surface area contributed by atoms with Crippen LogP contribution < -0.4 is 11.1 Å². The second-order valence-corrected chi connectivity index (χ2v) is 5.80. The molecule has 3 N–H and O–H groups in total. The molecule has 0 radical (unpaired) electrons. The molecule has 0 aromatic carbocycles. The Bertz CT molecular complexity index is 394. The Morgan fingerprint density at radius 2 is 2.38 bits per heavy atom. The van der Waals surface area contributed by atoms with Gasteiger partial charge in [-0.1, -0.05) is 25.6 Å². The molecule has 2 atom stereocenters. The van der Waals surface area contributed by atoms with Gasteiger partial charge in [-0.25, -0.2) is 0 Å². The molecule has 2 heterocycles. The van der Waals surface area contributed by atoms with Crippen molar-refractivity contribution in [3.63, 3.8) is 0 Å². The van der Waals surface area contributed by atoms with Crippen LogP contribution in [0.2, 0.25) is 0 Å². The zero-order valence-electron chi connectivity index (χ0n) is 10.1. The fraction of sp³-hybridized carbons (Fsp3) is 0.583. The maximum Gasteiger partial charge on any atom is 0.0916 e. The molecule has 0 amide bonds. The molecule has 1 aromatic rings. The predicted octanol–water partition coefficient (Wildman–Crippen LogP) is 2.61. The number of hydrogen-bond acceptors (Lipinski definition) is 4. The van der Waals surface area contributed by atoms with E-state index in [1.807, 2.05) is 24.9 Å². The van der Waals surface area contributed by atoms with E-state index in [2.05, 4.69) is 30.2 Å². The fourth-order valence-corrected chi connectivity index (χ4v) is 3.52. The van der Waals surface area contributed by atoms with E-state index in [4.69, 9.17) is 5.73 Å². The molecule has 2 rings (SSSR count). The minimum atomic E-state index is 0.0482. The van der Waals surface area contributed by atoms with Crippen LogP contribution in [-0.2, 0) is 0 Å². The normalized spacial score (nSPS) is 25.0. The molecule has 1 aliphatic rings. The zero-order valence-corrected chi connectivity index (χ0v) is 10.9. The van der Waals surface area contributed by atoms with Gasteiger partial charge in [0.2, 0.25) is 0 Å². The van der Waals surface area contributed by atoms with Crippen LogP contribution in [0.25, 0.3) is 0 Å². The molecular weight excluding hydrogens is 218 g/mol. The highest BCUT2D eigenvalue weighted by atomic mass is 32.2. The number of pyridine rings is 1. The lowest BCUT2D eigenvalue weighted by Gasteiger charge is -2.33. The number of fused-ring (bicyclic) bond motifs is 1. The van der Waals surface area contributed by atoms with E-state index in [0.29, 0.717) is 12.5 Å². The van der Waals surface area contributed by atoms with Gasteiger partial charge in [-0.05, 0) is 26.0 Å². The van der Waals surface area contributed by atoms with Crippen LogP contribution in [0, 0.1) is 12.8 Å². The SMILES string of the molecule is CCC1(C(C)CN)Nc2cnc(C)cc2S1. The van der Waals surface area contributed by atoms with E-state index in [9.17, 15) is 0 Å². The summed E-state index contributed by atoms with van der Waals surface area (Å²) in [7, 11) is 0. The van der Waals surface area contributed by atoms with Gasteiger partial charge in [-0.3, -0.25) is 4.98 Å². The van der Waals surface area contributed by atoms with E-state index in [0.717, 1.165) is 17.8 Å². The minimum Gasteiger partial charge on any atom is -0.368 e. The summed E-state index contributed by atoms with van der Waals surface area (Å²) in [5.41, 5.74) is 8.03. The lowest BCUT2D eigenvalue weighted by Crippen LogP contribution is -2.41. The van der Waals surface area contributed by atoms with Gasteiger partial charge in [0.15, 0.2) is 0 Å². The first-order valence-corrected chi connectivity index (χ1v) is 6.57. The van der Waals surface area contributed by atoms with Crippen molar-refractivity contribution in [2.75, 3.05) is 11.9 Å². The van der Waals surface area contributed by atoms with Crippen molar-refractivity contribution in [1.82, 2.24) is 4.98 Å². The first-order valence-electron chi connectivity index (χ1n) is 5.75. The van der Waals surface area contributed by atoms with Crippen LogP contribution in [0.3, 0.4) is 0 Å². The van der Waals surface area contributed by atoms with Crippen LogP contribution in [0.4, 0.5) is 5.69 Å². The molecule has 0 saturated carbocycles. The Balaban J connectivity index is 2.32. The molecule has 0 spiro atoms. The molecular formula is C12H19N3S. The molecule has 1 aromatic heterocycles. The summed E-state index contributed by atoms with van der Waals surface area (Å²) in [4.78, 5) is 5.68. The molecule has 0 fully saturated rings. The molecule has 0 bridgehead atoms. The Morgan fingerprint density at radius 1 is 1.62 bits per heavy atom. The van der Waals surface area contributed by atoms with Crippen molar-refractivity contribution in [3.8, 4) is 0 Å². The number of rotatable bonds is 3. The van der Waals surface area contributed by atoms with E-state index in [1.54, 1.807) is 0 Å². The first kappa shape index (κ1) is 11.7. The summed E-state index contributed by atoms with van der Waals surface area (Å²) < 4.78 is 0. The van der Waals surface area contributed by atoms with Crippen molar-refractivity contribution in [1.29, 1.82) is 0 Å².